The van der Waals surface area contributed by atoms with Crippen LogP contribution in [0.1, 0.15) is 54.6 Å². The van der Waals surface area contributed by atoms with Gasteiger partial charge in [-0.2, -0.15) is 0 Å². The molecule has 0 bridgehead atoms. The van der Waals surface area contributed by atoms with Crippen LogP contribution in [-0.2, 0) is 9.47 Å². The number of esters is 1. The molecule has 1 aliphatic rings. The van der Waals surface area contributed by atoms with Crippen molar-refractivity contribution in [3.8, 4) is 0 Å². The van der Waals surface area contributed by atoms with E-state index in [0.717, 1.165) is 0 Å². The third-order valence-corrected chi connectivity index (χ3v) is 4.35. The quantitative estimate of drug-likeness (QED) is 0.735. The van der Waals surface area contributed by atoms with Crippen LogP contribution in [0.5, 0.6) is 0 Å². The number of hydrogen-bond donors (Lipinski definition) is 0. The highest BCUT2D eigenvalue weighted by Crippen LogP contribution is 2.41. The number of benzene rings is 1. The molecule has 1 aromatic carbocycles. The Kier molecular flexibility index (Phi) is 5.58. The molecule has 1 aromatic rings. The predicted molar refractivity (Wildman–Crippen MR) is 92.6 cm³/mol. The molecule has 1 heterocycles. The first-order valence-electron chi connectivity index (χ1n) is 8.49. The third kappa shape index (κ3) is 4.51. The highest BCUT2D eigenvalue weighted by atomic mass is 19.3. The van der Waals surface area contributed by atoms with Gasteiger partial charge in [0.2, 0.25) is 0 Å². The Balaban J connectivity index is 2.28. The minimum atomic E-state index is -2.95. The lowest BCUT2D eigenvalue weighted by Crippen LogP contribution is -2.49. The van der Waals surface area contributed by atoms with Gasteiger partial charge in [0.05, 0.1) is 18.6 Å². The summed E-state index contributed by atoms with van der Waals surface area (Å²) in [5.41, 5.74) is 0.585. The Labute approximate surface area is 152 Å². The summed E-state index contributed by atoms with van der Waals surface area (Å²) in [6.07, 6.45) is -1.03. The van der Waals surface area contributed by atoms with Crippen molar-refractivity contribution in [3.63, 3.8) is 0 Å². The molecule has 0 saturated carbocycles. The first-order valence-corrected chi connectivity index (χ1v) is 8.49. The fourth-order valence-corrected chi connectivity index (χ4v) is 3.03. The standard InChI is InChI=1S/C19H25F2NO4/c1-12-10-13(16(23)25-5)6-7-14(12)15-11-22(9-8-19(15,20)21)17(24)26-18(2,3)4/h6-7,10,15H,8-9,11H2,1-5H3. The number of halogens is 2. The largest absolute Gasteiger partial charge is 0.465 e. The fourth-order valence-electron chi connectivity index (χ4n) is 3.03. The summed E-state index contributed by atoms with van der Waals surface area (Å²) < 4.78 is 39.1. The molecule has 26 heavy (non-hydrogen) atoms. The molecular weight excluding hydrogens is 344 g/mol. The van der Waals surface area contributed by atoms with Crippen molar-refractivity contribution in [3.05, 3.63) is 34.9 Å². The number of carbonyl (C=O) groups is 2. The second-order valence-corrected chi connectivity index (χ2v) is 7.55. The van der Waals surface area contributed by atoms with Crippen LogP contribution < -0.4 is 0 Å². The lowest BCUT2D eigenvalue weighted by Gasteiger charge is -2.39. The van der Waals surface area contributed by atoms with E-state index in [1.165, 1.54) is 30.2 Å². The lowest BCUT2D eigenvalue weighted by molar-refractivity contribution is -0.0772. The molecule has 1 fully saturated rings. The van der Waals surface area contributed by atoms with E-state index in [-0.39, 0.29) is 13.1 Å². The summed E-state index contributed by atoms with van der Waals surface area (Å²) in [7, 11) is 1.26. The number of alkyl halides is 2. The Morgan fingerprint density at radius 3 is 2.46 bits per heavy atom. The smallest absolute Gasteiger partial charge is 0.410 e. The van der Waals surface area contributed by atoms with E-state index < -0.39 is 35.9 Å². The molecule has 144 valence electrons. The summed E-state index contributed by atoms with van der Waals surface area (Å²) >= 11 is 0. The topological polar surface area (TPSA) is 55.8 Å². The third-order valence-electron chi connectivity index (χ3n) is 4.35. The van der Waals surface area contributed by atoms with Gasteiger partial charge >= 0.3 is 12.1 Å². The Bertz CT molecular complexity index is 697. The van der Waals surface area contributed by atoms with E-state index >= 15 is 0 Å². The average molecular weight is 369 g/mol. The Hall–Kier alpha value is -2.18. The van der Waals surface area contributed by atoms with Crippen LogP contribution in [0.25, 0.3) is 0 Å². The first-order chi connectivity index (χ1) is 11.9. The van der Waals surface area contributed by atoms with Crippen LogP contribution in [0.15, 0.2) is 18.2 Å². The molecule has 0 spiro atoms. The molecule has 1 amide bonds. The second-order valence-electron chi connectivity index (χ2n) is 7.55. The number of amides is 1. The van der Waals surface area contributed by atoms with E-state index in [9.17, 15) is 18.4 Å². The van der Waals surface area contributed by atoms with Gasteiger partial charge < -0.3 is 14.4 Å². The summed E-state index contributed by atoms with van der Waals surface area (Å²) in [4.78, 5) is 25.2. The number of piperidine rings is 1. The molecule has 0 radical (unpaired) electrons. The minimum Gasteiger partial charge on any atom is -0.465 e. The molecule has 0 aliphatic carbocycles. The van der Waals surface area contributed by atoms with Crippen LogP contribution in [0.3, 0.4) is 0 Å². The molecular formula is C19H25F2NO4. The van der Waals surface area contributed by atoms with Crippen molar-refractivity contribution in [1.29, 1.82) is 0 Å². The van der Waals surface area contributed by atoms with Crippen molar-refractivity contribution in [2.24, 2.45) is 0 Å². The number of carbonyl (C=O) groups excluding carboxylic acids is 2. The molecule has 1 aliphatic heterocycles. The van der Waals surface area contributed by atoms with Crippen LogP contribution in [-0.4, -0.2) is 48.7 Å². The first kappa shape index (κ1) is 20.1. The lowest BCUT2D eigenvalue weighted by atomic mass is 9.84. The molecule has 5 nitrogen and oxygen atoms in total. The maximum Gasteiger partial charge on any atom is 0.410 e. The van der Waals surface area contributed by atoms with Gasteiger partial charge in [0, 0.05) is 19.5 Å². The zero-order chi connectivity index (χ0) is 19.7. The second kappa shape index (κ2) is 7.21. The number of hydrogen-bond acceptors (Lipinski definition) is 4. The highest BCUT2D eigenvalue weighted by molar-refractivity contribution is 5.89. The van der Waals surface area contributed by atoms with E-state index in [1.807, 2.05) is 0 Å². The summed E-state index contributed by atoms with van der Waals surface area (Å²) in [6, 6.07) is 4.51. The molecule has 7 heteroatoms. The van der Waals surface area contributed by atoms with Crippen LogP contribution in [0.4, 0.5) is 13.6 Å². The van der Waals surface area contributed by atoms with Crippen molar-refractivity contribution >= 4 is 12.1 Å². The average Bonchev–Trinajstić information content (AvgIpc) is 2.52. The molecule has 0 aromatic heterocycles. The van der Waals surface area contributed by atoms with E-state index in [0.29, 0.717) is 16.7 Å². The SMILES string of the molecule is COC(=O)c1ccc(C2CN(C(=O)OC(C)(C)C)CCC2(F)F)c(C)c1. The van der Waals surface area contributed by atoms with E-state index in [4.69, 9.17) is 4.74 Å². The van der Waals surface area contributed by atoms with Crippen LogP contribution in [0.2, 0.25) is 0 Å². The molecule has 1 atom stereocenters. The van der Waals surface area contributed by atoms with Crippen molar-refractivity contribution in [2.75, 3.05) is 20.2 Å². The number of ether oxygens (including phenoxy) is 2. The van der Waals surface area contributed by atoms with Gasteiger partial charge in [-0.25, -0.2) is 18.4 Å². The van der Waals surface area contributed by atoms with Gasteiger partial charge in [-0.1, -0.05) is 6.07 Å². The number of aryl methyl sites for hydroxylation is 1. The maximum absolute atomic E-state index is 14.6. The molecule has 2 rings (SSSR count). The number of methoxy groups -OCH3 is 1. The molecule has 0 N–H and O–H groups in total. The van der Waals surface area contributed by atoms with Crippen LogP contribution in [0, 0.1) is 6.92 Å². The monoisotopic (exact) mass is 369 g/mol. The zero-order valence-corrected chi connectivity index (χ0v) is 15.8. The fraction of sp³-hybridized carbons (Fsp3) is 0.579. The van der Waals surface area contributed by atoms with E-state index in [2.05, 4.69) is 4.74 Å². The van der Waals surface area contributed by atoms with Crippen molar-refractivity contribution in [2.45, 2.75) is 51.6 Å². The maximum atomic E-state index is 14.6. The molecule has 1 saturated heterocycles. The zero-order valence-electron chi connectivity index (χ0n) is 15.8. The molecule has 1 unspecified atom stereocenters. The minimum absolute atomic E-state index is 0.0578. The normalized spacial score (nSPS) is 19.8. The number of rotatable bonds is 2. The van der Waals surface area contributed by atoms with Gasteiger partial charge in [0.1, 0.15) is 5.60 Å². The van der Waals surface area contributed by atoms with Crippen molar-refractivity contribution in [1.82, 2.24) is 4.90 Å². The van der Waals surface area contributed by atoms with Gasteiger partial charge in [-0.3, -0.25) is 0 Å². The number of likely N-dealkylation sites (tertiary alicyclic amines) is 1. The van der Waals surface area contributed by atoms with E-state index in [1.54, 1.807) is 27.7 Å². The van der Waals surface area contributed by atoms with Gasteiger partial charge in [-0.15, -0.1) is 0 Å². The summed E-state index contributed by atoms with van der Waals surface area (Å²) in [5, 5.41) is 0. The van der Waals surface area contributed by atoms with Gasteiger partial charge in [0.15, 0.2) is 0 Å². The van der Waals surface area contributed by atoms with Gasteiger partial charge in [-0.05, 0) is 51.0 Å². The summed E-state index contributed by atoms with van der Waals surface area (Å²) in [6.45, 7) is 6.67. The van der Waals surface area contributed by atoms with Crippen LogP contribution >= 0.6 is 0 Å². The number of nitrogens with zero attached hydrogens (tertiary/aromatic N) is 1. The summed E-state index contributed by atoms with van der Waals surface area (Å²) in [5.74, 6) is -4.63. The Morgan fingerprint density at radius 1 is 1.27 bits per heavy atom. The predicted octanol–water partition coefficient (Wildman–Crippen LogP) is 4.14. The highest BCUT2D eigenvalue weighted by Gasteiger charge is 2.47. The van der Waals surface area contributed by atoms with Crippen molar-refractivity contribution < 1.29 is 27.8 Å². The van der Waals surface area contributed by atoms with Gasteiger partial charge in [0.25, 0.3) is 5.92 Å². The Morgan fingerprint density at radius 2 is 1.92 bits per heavy atom.